The largest absolute Gasteiger partial charge is 0.321 e. The summed E-state index contributed by atoms with van der Waals surface area (Å²) in [6.07, 6.45) is 6.46. The zero-order valence-corrected chi connectivity index (χ0v) is 24.5. The number of hydrogen-bond donors (Lipinski definition) is 0. The Morgan fingerprint density at radius 2 is 1.03 bits per heavy atom. The summed E-state index contributed by atoms with van der Waals surface area (Å²) >= 11 is 0. The van der Waals surface area contributed by atoms with Gasteiger partial charge in [-0.25, -0.2) is 0 Å². The van der Waals surface area contributed by atoms with Gasteiger partial charge in [-0.15, -0.1) is 13.2 Å². The van der Waals surface area contributed by atoms with Crippen LogP contribution < -0.4 is 0 Å². The molecule has 0 radical (unpaired) electrons. The van der Waals surface area contributed by atoms with Crippen LogP contribution in [0.2, 0.25) is 24.2 Å². The molecular weight excluding hydrogens is 396 g/mol. The Kier molecular flexibility index (Phi) is 19.6. The summed E-state index contributed by atoms with van der Waals surface area (Å²) in [5.74, 6) is 0. The number of rotatable bonds is 17. The lowest BCUT2D eigenvalue weighted by molar-refractivity contribution is 0.365. The maximum Gasteiger partial charge on any atom is 0.152 e. The first kappa shape index (κ1) is 32.0. The predicted octanol–water partition coefficient (Wildman–Crippen LogP) is 8.42. The highest BCUT2D eigenvalue weighted by atomic mass is 28.3. The normalized spacial score (nSPS) is 12.3. The van der Waals surface area contributed by atoms with E-state index in [9.17, 15) is 0 Å². The van der Waals surface area contributed by atoms with E-state index >= 15 is 0 Å². The molecule has 0 aromatic rings. The molecule has 0 fully saturated rings. The maximum absolute atomic E-state index is 4.14. The molecule has 30 heavy (non-hydrogen) atoms. The van der Waals surface area contributed by atoms with Gasteiger partial charge in [0.05, 0.1) is 0 Å². The van der Waals surface area contributed by atoms with E-state index in [2.05, 4.69) is 96.0 Å². The molecular formula is C26H58N2Si2. The Labute approximate surface area is 194 Å². The van der Waals surface area contributed by atoms with Crippen LogP contribution in [0.1, 0.15) is 94.4 Å². The molecule has 0 aromatic heterocycles. The number of nitrogens with zero attached hydrogens (tertiary/aromatic N) is 2. The fourth-order valence-corrected chi connectivity index (χ4v) is 14.8. The van der Waals surface area contributed by atoms with Crippen LogP contribution in [0, 0.1) is 0 Å². The van der Waals surface area contributed by atoms with Crippen molar-refractivity contribution in [3.05, 3.63) is 24.6 Å². The standard InChI is InChI=1S/2C13H29NSi/c1-7-11-15(10-4,12-8-2)14(9-3)13(5)6;1-6-11-14(9-4)15(10-5,12-7-2)13-8-3/h10,13H,4,7-9,11-12H2,1-3,5-6H3;10H,5-9,11-13H2,1-4H3. The van der Waals surface area contributed by atoms with Gasteiger partial charge in [-0.1, -0.05) is 99.4 Å². The Balaban J connectivity index is 0. The topological polar surface area (TPSA) is 6.48 Å². The zero-order valence-electron chi connectivity index (χ0n) is 22.5. The Morgan fingerprint density at radius 3 is 1.27 bits per heavy atom. The van der Waals surface area contributed by atoms with Gasteiger partial charge < -0.3 is 9.13 Å². The van der Waals surface area contributed by atoms with Crippen LogP contribution in [0.4, 0.5) is 0 Å². The van der Waals surface area contributed by atoms with Gasteiger partial charge in [-0.05, 0) is 56.3 Å². The van der Waals surface area contributed by atoms with Crippen molar-refractivity contribution >= 4 is 16.5 Å². The molecule has 0 bridgehead atoms. The van der Waals surface area contributed by atoms with Crippen LogP contribution >= 0.6 is 0 Å². The summed E-state index contributed by atoms with van der Waals surface area (Å²) in [6, 6.07) is 6.18. The first-order valence-electron chi connectivity index (χ1n) is 13.1. The van der Waals surface area contributed by atoms with E-state index in [-0.39, 0.29) is 0 Å². The number of hydrogen-bond acceptors (Lipinski definition) is 2. The molecule has 0 N–H and O–H groups in total. The smallest absolute Gasteiger partial charge is 0.152 e. The van der Waals surface area contributed by atoms with Gasteiger partial charge in [-0.2, -0.15) is 0 Å². The third-order valence-electron chi connectivity index (χ3n) is 6.53. The summed E-state index contributed by atoms with van der Waals surface area (Å²) in [7, 11) is -2.69. The Hall–Kier alpha value is -0.166. The minimum absolute atomic E-state index is 0.665. The summed E-state index contributed by atoms with van der Waals surface area (Å²) in [4.78, 5) is 0. The van der Waals surface area contributed by atoms with Gasteiger partial charge in [0, 0.05) is 0 Å². The van der Waals surface area contributed by atoms with E-state index in [0.29, 0.717) is 6.04 Å². The van der Waals surface area contributed by atoms with E-state index in [0.717, 1.165) is 0 Å². The van der Waals surface area contributed by atoms with Crippen LogP contribution in [0.25, 0.3) is 0 Å². The van der Waals surface area contributed by atoms with Crippen molar-refractivity contribution in [1.82, 2.24) is 9.13 Å². The third kappa shape index (κ3) is 9.97. The van der Waals surface area contributed by atoms with Gasteiger partial charge in [0.25, 0.3) is 0 Å². The first-order chi connectivity index (χ1) is 14.3. The quantitative estimate of drug-likeness (QED) is 0.203. The van der Waals surface area contributed by atoms with Crippen molar-refractivity contribution in [1.29, 1.82) is 0 Å². The maximum atomic E-state index is 4.14. The summed E-state index contributed by atoms with van der Waals surface area (Å²) in [5.41, 5.74) is 4.66. The van der Waals surface area contributed by atoms with Gasteiger partial charge in [0.15, 0.2) is 16.5 Å². The lowest BCUT2D eigenvalue weighted by Crippen LogP contribution is -2.55. The summed E-state index contributed by atoms with van der Waals surface area (Å²) < 4.78 is 5.47. The molecule has 0 saturated carbocycles. The molecule has 0 aliphatic heterocycles. The molecule has 0 aliphatic rings. The monoisotopic (exact) mass is 454 g/mol. The van der Waals surface area contributed by atoms with Crippen molar-refractivity contribution in [2.24, 2.45) is 0 Å². The zero-order chi connectivity index (χ0) is 23.6. The Morgan fingerprint density at radius 1 is 0.633 bits per heavy atom. The van der Waals surface area contributed by atoms with Gasteiger partial charge in [0.1, 0.15) is 0 Å². The second kappa shape index (κ2) is 18.4. The minimum Gasteiger partial charge on any atom is -0.321 e. The van der Waals surface area contributed by atoms with Crippen molar-refractivity contribution < 1.29 is 0 Å². The van der Waals surface area contributed by atoms with Gasteiger partial charge >= 0.3 is 0 Å². The average Bonchev–Trinajstić information content (AvgIpc) is 2.72. The molecule has 0 spiro atoms. The lowest BCUT2D eigenvalue weighted by atomic mass is 10.4. The van der Waals surface area contributed by atoms with E-state index < -0.39 is 16.5 Å². The summed E-state index contributed by atoms with van der Waals surface area (Å²) in [6.45, 7) is 32.6. The molecule has 0 aliphatic carbocycles. The molecule has 180 valence electrons. The van der Waals surface area contributed by atoms with E-state index in [4.69, 9.17) is 0 Å². The second-order valence-electron chi connectivity index (χ2n) is 9.07. The van der Waals surface area contributed by atoms with Crippen LogP contribution in [0.15, 0.2) is 24.6 Å². The molecule has 0 amide bonds. The fraction of sp³-hybridized carbons (Fsp3) is 0.846. The minimum atomic E-state index is -1.36. The average molecular weight is 455 g/mol. The molecule has 0 atom stereocenters. The van der Waals surface area contributed by atoms with Crippen molar-refractivity contribution in [2.75, 3.05) is 19.6 Å². The highest BCUT2D eigenvalue weighted by Gasteiger charge is 2.35. The third-order valence-corrected chi connectivity index (χ3v) is 17.3. The molecule has 2 nitrogen and oxygen atoms in total. The molecule has 0 aromatic carbocycles. The van der Waals surface area contributed by atoms with Gasteiger partial charge in [-0.3, -0.25) is 0 Å². The molecule has 0 unspecified atom stereocenters. The Bertz CT molecular complexity index is 411. The van der Waals surface area contributed by atoms with E-state index in [1.165, 1.54) is 75.9 Å². The highest BCUT2D eigenvalue weighted by molar-refractivity contribution is 6.82. The van der Waals surface area contributed by atoms with Crippen LogP contribution in [0.5, 0.6) is 0 Å². The lowest BCUT2D eigenvalue weighted by Gasteiger charge is -2.42. The van der Waals surface area contributed by atoms with Crippen molar-refractivity contribution in [2.45, 2.75) is 125 Å². The molecule has 0 saturated heterocycles. The van der Waals surface area contributed by atoms with Crippen LogP contribution in [-0.4, -0.2) is 51.3 Å². The van der Waals surface area contributed by atoms with Crippen LogP contribution in [-0.2, 0) is 0 Å². The van der Waals surface area contributed by atoms with E-state index in [1.54, 1.807) is 0 Å². The van der Waals surface area contributed by atoms with Gasteiger partial charge in [0.2, 0.25) is 0 Å². The first-order valence-corrected chi connectivity index (χ1v) is 17.9. The van der Waals surface area contributed by atoms with Crippen LogP contribution in [0.3, 0.4) is 0 Å². The molecule has 0 heterocycles. The van der Waals surface area contributed by atoms with Crippen molar-refractivity contribution in [3.8, 4) is 0 Å². The van der Waals surface area contributed by atoms with E-state index in [1.807, 2.05) is 0 Å². The fourth-order valence-electron chi connectivity index (χ4n) is 5.40. The second-order valence-corrected chi connectivity index (χ2v) is 17.5. The molecule has 4 heteroatoms. The highest BCUT2D eigenvalue weighted by Crippen LogP contribution is 2.27. The van der Waals surface area contributed by atoms with Crippen molar-refractivity contribution in [3.63, 3.8) is 0 Å². The summed E-state index contributed by atoms with van der Waals surface area (Å²) in [5, 5.41) is 0. The predicted molar refractivity (Wildman–Crippen MR) is 147 cm³/mol. The molecule has 0 rings (SSSR count). The SMILES string of the molecule is C=C[Si](CCC)(CCC)N(CC)C(C)C.C=C[Si](CCC)(CCC)N(CC)CCC.